The molecule has 0 saturated heterocycles. The highest BCUT2D eigenvalue weighted by Gasteiger charge is 2.08. The summed E-state index contributed by atoms with van der Waals surface area (Å²) < 4.78 is 12.4. The number of pyridine rings is 1. The molecule has 150 valence electrons. The first-order valence-electron chi connectivity index (χ1n) is 9.70. The fourth-order valence-corrected chi connectivity index (χ4v) is 3.03. The highest BCUT2D eigenvalue weighted by Crippen LogP contribution is 2.19. The average molecular weight is 404 g/mol. The van der Waals surface area contributed by atoms with Gasteiger partial charge in [-0.05, 0) is 60.7 Å². The first kappa shape index (κ1) is 19.9. The number of rotatable bonds is 3. The second-order valence-electron chi connectivity index (χ2n) is 6.63. The predicted molar refractivity (Wildman–Crippen MR) is 122 cm³/mol. The molecule has 2 heterocycles. The van der Waals surface area contributed by atoms with Gasteiger partial charge >= 0.3 is 0 Å². The normalized spacial score (nSPS) is 9.74. The SMILES string of the molecule is COc1ccc(C#Cc2cncc(C#Cc3ccc(OC)cc3)c2-n2cccc2)cc1. The number of hydrogen-bond acceptors (Lipinski definition) is 3. The monoisotopic (exact) mass is 404 g/mol. The summed E-state index contributed by atoms with van der Waals surface area (Å²) >= 11 is 0. The fraction of sp³-hybridized carbons (Fsp3) is 0.0741. The van der Waals surface area contributed by atoms with Gasteiger partial charge in [0.2, 0.25) is 0 Å². The summed E-state index contributed by atoms with van der Waals surface area (Å²) in [5.41, 5.74) is 4.30. The Labute approximate surface area is 182 Å². The number of ether oxygens (including phenoxy) is 2. The zero-order valence-electron chi connectivity index (χ0n) is 17.3. The van der Waals surface area contributed by atoms with Crippen LogP contribution in [-0.2, 0) is 0 Å². The Morgan fingerprint density at radius 3 is 1.52 bits per heavy atom. The lowest BCUT2D eigenvalue weighted by atomic mass is 10.1. The number of aromatic nitrogens is 2. The van der Waals surface area contributed by atoms with Crippen molar-refractivity contribution in [3.63, 3.8) is 0 Å². The van der Waals surface area contributed by atoms with Crippen LogP contribution in [0.5, 0.6) is 11.5 Å². The standard InChI is InChI=1S/C27H20N2O2/c1-30-25-13-7-21(8-14-25)5-11-23-19-28-20-24(27(23)29-17-3-4-18-29)12-6-22-9-15-26(31-2)16-10-22/h3-4,7-10,13-20H,1-2H3. The molecule has 4 rings (SSSR count). The molecule has 0 atom stereocenters. The third kappa shape index (κ3) is 4.78. The Kier molecular flexibility index (Phi) is 6.02. The van der Waals surface area contributed by atoms with Crippen LogP contribution in [-0.4, -0.2) is 23.8 Å². The van der Waals surface area contributed by atoms with Crippen molar-refractivity contribution in [2.75, 3.05) is 14.2 Å². The molecular weight excluding hydrogens is 384 g/mol. The minimum absolute atomic E-state index is 0.800. The summed E-state index contributed by atoms with van der Waals surface area (Å²) in [5, 5.41) is 0. The van der Waals surface area contributed by atoms with Crippen molar-refractivity contribution in [2.24, 2.45) is 0 Å². The van der Waals surface area contributed by atoms with Crippen LogP contribution < -0.4 is 9.47 Å². The van der Waals surface area contributed by atoms with E-state index in [1.54, 1.807) is 26.6 Å². The third-order valence-electron chi connectivity index (χ3n) is 4.64. The van der Waals surface area contributed by atoms with Gasteiger partial charge < -0.3 is 14.0 Å². The van der Waals surface area contributed by atoms with E-state index in [-0.39, 0.29) is 0 Å². The first-order valence-corrected chi connectivity index (χ1v) is 9.70. The lowest BCUT2D eigenvalue weighted by Crippen LogP contribution is -2.00. The van der Waals surface area contributed by atoms with Gasteiger partial charge in [-0.1, -0.05) is 23.7 Å². The maximum absolute atomic E-state index is 5.21. The van der Waals surface area contributed by atoms with E-state index >= 15 is 0 Å². The van der Waals surface area contributed by atoms with Crippen molar-refractivity contribution in [1.29, 1.82) is 0 Å². The maximum atomic E-state index is 5.21. The highest BCUT2D eigenvalue weighted by atomic mass is 16.5. The van der Waals surface area contributed by atoms with Crippen molar-refractivity contribution in [2.45, 2.75) is 0 Å². The summed E-state index contributed by atoms with van der Waals surface area (Å²) in [6.07, 6.45) is 7.49. The minimum Gasteiger partial charge on any atom is -0.497 e. The van der Waals surface area contributed by atoms with Crippen LogP contribution in [0.1, 0.15) is 22.3 Å². The van der Waals surface area contributed by atoms with E-state index in [0.29, 0.717) is 0 Å². The summed E-state index contributed by atoms with van der Waals surface area (Å²) in [6.45, 7) is 0. The Morgan fingerprint density at radius 1 is 0.645 bits per heavy atom. The molecule has 0 fully saturated rings. The zero-order valence-corrected chi connectivity index (χ0v) is 17.3. The van der Waals surface area contributed by atoms with E-state index in [9.17, 15) is 0 Å². The molecule has 4 aromatic rings. The van der Waals surface area contributed by atoms with Crippen molar-refractivity contribution in [3.8, 4) is 40.9 Å². The molecule has 0 aliphatic rings. The maximum Gasteiger partial charge on any atom is 0.118 e. The minimum atomic E-state index is 0.800. The highest BCUT2D eigenvalue weighted by molar-refractivity contribution is 5.62. The van der Waals surface area contributed by atoms with Gasteiger partial charge in [0.25, 0.3) is 0 Å². The smallest absolute Gasteiger partial charge is 0.118 e. The van der Waals surface area contributed by atoms with Crippen LogP contribution in [0.3, 0.4) is 0 Å². The van der Waals surface area contributed by atoms with Gasteiger partial charge in [0.15, 0.2) is 0 Å². The molecule has 4 heteroatoms. The van der Waals surface area contributed by atoms with Gasteiger partial charge in [-0.25, -0.2) is 0 Å². The topological polar surface area (TPSA) is 36.3 Å². The van der Waals surface area contributed by atoms with Crippen LogP contribution in [0.15, 0.2) is 85.5 Å². The molecule has 4 nitrogen and oxygen atoms in total. The molecule has 0 saturated carbocycles. The molecule has 0 amide bonds. The van der Waals surface area contributed by atoms with Crippen molar-refractivity contribution >= 4 is 0 Å². The summed E-state index contributed by atoms with van der Waals surface area (Å²) in [4.78, 5) is 4.38. The molecule has 0 aliphatic carbocycles. The van der Waals surface area contributed by atoms with Gasteiger partial charge in [0, 0.05) is 35.9 Å². The van der Waals surface area contributed by atoms with Crippen LogP contribution >= 0.6 is 0 Å². The molecule has 0 bridgehead atoms. The van der Waals surface area contributed by atoms with Gasteiger partial charge in [-0.2, -0.15) is 0 Å². The second kappa shape index (κ2) is 9.39. The second-order valence-corrected chi connectivity index (χ2v) is 6.63. The zero-order chi connectivity index (χ0) is 21.5. The van der Waals surface area contributed by atoms with Crippen LogP contribution in [0.2, 0.25) is 0 Å². The predicted octanol–water partition coefficient (Wildman–Crippen LogP) is 4.69. The van der Waals surface area contributed by atoms with Crippen molar-refractivity contribution in [3.05, 3.63) is 108 Å². The van der Waals surface area contributed by atoms with Crippen LogP contribution in [0.25, 0.3) is 5.69 Å². The average Bonchev–Trinajstić information content (AvgIpc) is 3.36. The number of methoxy groups -OCH3 is 2. The van der Waals surface area contributed by atoms with Gasteiger partial charge in [-0.15, -0.1) is 0 Å². The first-order chi connectivity index (χ1) is 15.3. The van der Waals surface area contributed by atoms with Gasteiger partial charge in [0.05, 0.1) is 31.0 Å². The van der Waals surface area contributed by atoms with E-state index in [4.69, 9.17) is 9.47 Å². The van der Waals surface area contributed by atoms with E-state index in [2.05, 4.69) is 28.7 Å². The van der Waals surface area contributed by atoms with Crippen LogP contribution in [0.4, 0.5) is 0 Å². The summed E-state index contributed by atoms with van der Waals surface area (Å²) in [6, 6.07) is 19.3. The largest absolute Gasteiger partial charge is 0.497 e. The Balaban J connectivity index is 1.74. The van der Waals surface area contributed by atoms with Crippen molar-refractivity contribution in [1.82, 2.24) is 9.55 Å². The molecule has 0 spiro atoms. The molecular formula is C27H20N2O2. The quantitative estimate of drug-likeness (QED) is 0.465. The Bertz CT molecular complexity index is 1200. The molecule has 31 heavy (non-hydrogen) atoms. The lowest BCUT2D eigenvalue weighted by molar-refractivity contribution is 0.414. The molecule has 2 aromatic carbocycles. The lowest BCUT2D eigenvalue weighted by Gasteiger charge is -2.08. The Morgan fingerprint density at radius 2 is 1.10 bits per heavy atom. The van der Waals surface area contributed by atoms with E-state index < -0.39 is 0 Å². The van der Waals surface area contributed by atoms with Gasteiger partial charge in [-0.3, -0.25) is 4.98 Å². The molecule has 0 radical (unpaired) electrons. The van der Waals surface area contributed by atoms with Crippen molar-refractivity contribution < 1.29 is 9.47 Å². The Hall–Kier alpha value is -4.41. The number of benzene rings is 2. The molecule has 0 unspecified atom stereocenters. The molecule has 0 N–H and O–H groups in total. The summed E-state index contributed by atoms with van der Waals surface area (Å²) in [7, 11) is 3.29. The third-order valence-corrected chi connectivity index (χ3v) is 4.64. The molecule has 0 aliphatic heterocycles. The number of nitrogens with zero attached hydrogens (tertiary/aromatic N) is 2. The van der Waals surface area contributed by atoms with E-state index in [0.717, 1.165) is 39.4 Å². The van der Waals surface area contributed by atoms with Gasteiger partial charge in [0.1, 0.15) is 11.5 Å². The fourth-order valence-electron chi connectivity index (χ4n) is 3.03. The van der Waals surface area contributed by atoms with E-state index in [1.807, 2.05) is 77.6 Å². The van der Waals surface area contributed by atoms with E-state index in [1.165, 1.54) is 0 Å². The summed E-state index contributed by atoms with van der Waals surface area (Å²) in [5.74, 6) is 14.5. The number of hydrogen-bond donors (Lipinski definition) is 0. The van der Waals surface area contributed by atoms with Crippen LogP contribution in [0, 0.1) is 23.7 Å². The molecule has 2 aromatic heterocycles.